The fourth-order valence-electron chi connectivity index (χ4n) is 0.669. The summed E-state index contributed by atoms with van der Waals surface area (Å²) in [6, 6.07) is 0. The molecule has 0 saturated heterocycles. The van der Waals surface area contributed by atoms with Gasteiger partial charge in [-0.25, -0.2) is 0 Å². The quantitative estimate of drug-likeness (QED) is 0.475. The van der Waals surface area contributed by atoms with Crippen LogP contribution in [0.25, 0.3) is 0 Å². The summed E-state index contributed by atoms with van der Waals surface area (Å²) in [5.41, 5.74) is 0. The summed E-state index contributed by atoms with van der Waals surface area (Å²) in [5.74, 6) is -0.571. The van der Waals surface area contributed by atoms with Gasteiger partial charge in [0, 0.05) is 11.5 Å². The van der Waals surface area contributed by atoms with Crippen LogP contribution in [-0.2, 0) is 14.3 Å². The van der Waals surface area contributed by atoms with Crippen LogP contribution in [0.15, 0.2) is 0 Å². The molecule has 4 nitrogen and oxygen atoms in total. The van der Waals surface area contributed by atoms with Gasteiger partial charge in [-0.1, -0.05) is 0 Å². The van der Waals surface area contributed by atoms with E-state index < -0.39 is 16.5 Å². The average Bonchev–Trinajstić information content (AvgIpc) is 2.17. The van der Waals surface area contributed by atoms with E-state index in [2.05, 4.69) is 25.3 Å². The number of esters is 1. The summed E-state index contributed by atoms with van der Waals surface area (Å²) in [6.45, 7) is 2.05. The van der Waals surface area contributed by atoms with E-state index in [0.717, 1.165) is 0 Å². The van der Waals surface area contributed by atoms with Crippen LogP contribution in [0.2, 0.25) is 0 Å². The van der Waals surface area contributed by atoms with Gasteiger partial charge >= 0.3 is 11.9 Å². The van der Waals surface area contributed by atoms with Crippen molar-refractivity contribution < 1.29 is 19.4 Å². The lowest BCUT2D eigenvalue weighted by Gasteiger charge is -2.10. The molecule has 2 unspecified atom stereocenters. The van der Waals surface area contributed by atoms with Gasteiger partial charge in [-0.15, -0.1) is 0 Å². The second-order valence-corrected chi connectivity index (χ2v) is 4.98. The Morgan fingerprint density at radius 3 is 2.33 bits per heavy atom. The van der Waals surface area contributed by atoms with Crippen LogP contribution in [-0.4, -0.2) is 45.7 Å². The number of rotatable bonds is 7. The first kappa shape index (κ1) is 15.0. The summed E-state index contributed by atoms with van der Waals surface area (Å²) in [5, 5.41) is 7.32. The zero-order valence-electron chi connectivity index (χ0n) is 8.25. The first-order valence-electron chi connectivity index (χ1n) is 4.32. The maximum atomic E-state index is 11.1. The molecule has 0 aliphatic carbocycles. The molecule has 0 rings (SSSR count). The van der Waals surface area contributed by atoms with Crippen LogP contribution in [0.1, 0.15) is 6.92 Å². The highest BCUT2D eigenvalue weighted by Gasteiger charge is 2.17. The van der Waals surface area contributed by atoms with Crippen molar-refractivity contribution in [2.75, 3.05) is 18.1 Å². The fourth-order valence-corrected chi connectivity index (χ4v) is 2.24. The van der Waals surface area contributed by atoms with Gasteiger partial charge in [0.25, 0.3) is 0 Å². The van der Waals surface area contributed by atoms with Crippen LogP contribution >= 0.6 is 37.0 Å². The number of carbonyl (C=O) groups is 2. The largest absolute Gasteiger partial charge is 0.480 e. The van der Waals surface area contributed by atoms with Crippen molar-refractivity contribution in [3.8, 4) is 0 Å². The zero-order valence-corrected chi connectivity index (χ0v) is 10.9. The first-order chi connectivity index (χ1) is 6.99. The Morgan fingerprint density at radius 1 is 1.33 bits per heavy atom. The molecule has 0 aromatic carbocycles. The minimum Gasteiger partial charge on any atom is -0.480 e. The average molecular weight is 270 g/mol. The number of ether oxygens (including phenoxy) is 1. The predicted molar refractivity (Wildman–Crippen MR) is 67.1 cm³/mol. The molecule has 0 heterocycles. The molecule has 0 aliphatic heterocycles. The minimum atomic E-state index is -0.960. The molecule has 0 amide bonds. The molecule has 1 N–H and O–H groups in total. The van der Waals surface area contributed by atoms with Gasteiger partial charge in [0.1, 0.15) is 10.5 Å². The van der Waals surface area contributed by atoms with Crippen molar-refractivity contribution in [1.29, 1.82) is 0 Å². The van der Waals surface area contributed by atoms with E-state index in [4.69, 9.17) is 9.84 Å². The molecule has 2 atom stereocenters. The van der Waals surface area contributed by atoms with Crippen LogP contribution in [0.3, 0.4) is 0 Å². The van der Waals surface area contributed by atoms with Gasteiger partial charge in [-0.2, -0.15) is 37.0 Å². The Kier molecular flexibility index (Phi) is 8.17. The highest BCUT2D eigenvalue weighted by molar-refractivity contribution is 8.01. The molecule has 0 aromatic rings. The van der Waals surface area contributed by atoms with E-state index in [9.17, 15) is 9.59 Å². The maximum Gasteiger partial charge on any atom is 0.319 e. The van der Waals surface area contributed by atoms with Crippen molar-refractivity contribution in [2.45, 2.75) is 17.4 Å². The lowest BCUT2D eigenvalue weighted by Crippen LogP contribution is -2.22. The molecule has 88 valence electrons. The number of carboxylic acid groups (broad SMARTS) is 1. The molecule has 7 heteroatoms. The van der Waals surface area contributed by atoms with Gasteiger partial charge in [0.15, 0.2) is 0 Å². The highest BCUT2D eigenvalue weighted by Crippen LogP contribution is 2.13. The predicted octanol–water partition coefficient (Wildman–Crippen LogP) is 0.964. The molecular weight excluding hydrogens is 256 g/mol. The van der Waals surface area contributed by atoms with E-state index in [-0.39, 0.29) is 5.97 Å². The number of hydrogen-bond acceptors (Lipinski definition) is 6. The second kappa shape index (κ2) is 8.18. The van der Waals surface area contributed by atoms with Crippen LogP contribution in [0.5, 0.6) is 0 Å². The van der Waals surface area contributed by atoms with Crippen molar-refractivity contribution in [1.82, 2.24) is 0 Å². The van der Waals surface area contributed by atoms with Crippen molar-refractivity contribution in [2.24, 2.45) is 0 Å². The van der Waals surface area contributed by atoms with E-state index >= 15 is 0 Å². The van der Waals surface area contributed by atoms with E-state index in [1.165, 1.54) is 11.8 Å². The van der Waals surface area contributed by atoms with Crippen LogP contribution < -0.4 is 0 Å². The van der Waals surface area contributed by atoms with Crippen molar-refractivity contribution in [3.63, 3.8) is 0 Å². The SMILES string of the molecule is CCOC(=O)C(S)CSCC(S)C(=O)O. The molecule has 15 heavy (non-hydrogen) atoms. The summed E-state index contributed by atoms with van der Waals surface area (Å²) in [6.07, 6.45) is 0. The topological polar surface area (TPSA) is 63.6 Å². The normalized spacial score (nSPS) is 14.3. The number of thioether (sulfide) groups is 1. The molecule has 0 aromatic heterocycles. The van der Waals surface area contributed by atoms with Gasteiger partial charge in [0.05, 0.1) is 6.61 Å². The minimum absolute atomic E-state index is 0.324. The summed E-state index contributed by atoms with van der Waals surface area (Å²) >= 11 is 9.22. The van der Waals surface area contributed by atoms with Crippen molar-refractivity contribution >= 4 is 49.0 Å². The molecule has 0 bridgehead atoms. The number of carboxylic acids is 1. The summed E-state index contributed by atoms with van der Waals surface area (Å²) in [7, 11) is 0. The van der Waals surface area contributed by atoms with Gasteiger partial charge in [-0.05, 0) is 6.92 Å². The third-order valence-corrected chi connectivity index (χ3v) is 3.82. The van der Waals surface area contributed by atoms with E-state index in [1.54, 1.807) is 6.92 Å². The number of hydrogen-bond donors (Lipinski definition) is 3. The third kappa shape index (κ3) is 6.97. The monoisotopic (exact) mass is 270 g/mol. The van der Waals surface area contributed by atoms with Gasteiger partial charge in [-0.3, -0.25) is 9.59 Å². The van der Waals surface area contributed by atoms with E-state index in [0.29, 0.717) is 18.1 Å². The number of thiol groups is 2. The first-order valence-corrected chi connectivity index (χ1v) is 6.51. The third-order valence-electron chi connectivity index (χ3n) is 1.40. The smallest absolute Gasteiger partial charge is 0.319 e. The lowest BCUT2D eigenvalue weighted by atomic mass is 10.5. The fraction of sp³-hybridized carbons (Fsp3) is 0.750. The Balaban J connectivity index is 3.67. The zero-order chi connectivity index (χ0) is 11.8. The molecule has 0 spiro atoms. The van der Waals surface area contributed by atoms with Gasteiger partial charge in [0.2, 0.25) is 0 Å². The lowest BCUT2D eigenvalue weighted by molar-refractivity contribution is -0.142. The molecular formula is C8H14O4S3. The summed E-state index contributed by atoms with van der Waals surface area (Å²) in [4.78, 5) is 21.5. The highest BCUT2D eigenvalue weighted by atomic mass is 32.2. The summed E-state index contributed by atoms with van der Waals surface area (Å²) < 4.78 is 4.74. The molecule has 0 fully saturated rings. The van der Waals surface area contributed by atoms with Crippen LogP contribution in [0, 0.1) is 0 Å². The maximum absolute atomic E-state index is 11.1. The van der Waals surface area contributed by atoms with Crippen molar-refractivity contribution in [3.05, 3.63) is 0 Å². The molecule has 0 aliphatic rings. The Morgan fingerprint density at radius 2 is 1.87 bits per heavy atom. The molecule has 0 saturated carbocycles. The Bertz CT molecular complexity index is 222. The Hall–Kier alpha value is -0.0100. The standard InChI is InChI=1S/C8H14O4S3/c1-2-12-8(11)6(14)4-15-3-5(13)7(9)10/h5-6,13-14H,2-4H2,1H3,(H,9,10). The number of aliphatic carboxylic acids is 1. The van der Waals surface area contributed by atoms with E-state index in [1.807, 2.05) is 0 Å². The molecule has 0 radical (unpaired) electrons. The van der Waals surface area contributed by atoms with Gasteiger partial charge < -0.3 is 9.84 Å². The van der Waals surface area contributed by atoms with Crippen LogP contribution in [0.4, 0.5) is 0 Å². The number of carbonyl (C=O) groups excluding carboxylic acids is 1. The Labute approximate surface area is 104 Å². The second-order valence-electron chi connectivity index (χ2n) is 2.66.